The highest BCUT2D eigenvalue weighted by molar-refractivity contribution is 14.0. The first-order valence-corrected chi connectivity index (χ1v) is 9.26. The van der Waals surface area contributed by atoms with Crippen LogP contribution in [0.25, 0.3) is 0 Å². The number of hydrogen-bond donors (Lipinski definition) is 3. The molecule has 2 rings (SSSR count). The first-order chi connectivity index (χ1) is 13.1. The van der Waals surface area contributed by atoms with E-state index in [0.29, 0.717) is 37.6 Å². The monoisotopic (exact) mass is 498 g/mol. The molecule has 28 heavy (non-hydrogen) atoms. The Bertz CT molecular complexity index is 765. The highest BCUT2D eigenvalue weighted by Gasteiger charge is 2.03. The van der Waals surface area contributed by atoms with Crippen molar-refractivity contribution in [2.75, 3.05) is 11.9 Å². The predicted molar refractivity (Wildman–Crippen MR) is 123 cm³/mol. The van der Waals surface area contributed by atoms with Gasteiger partial charge in [0.25, 0.3) is 0 Å². The van der Waals surface area contributed by atoms with Gasteiger partial charge in [0, 0.05) is 30.8 Å². The molecular formula is C21H28FIN4O. The van der Waals surface area contributed by atoms with Crippen LogP contribution >= 0.6 is 24.0 Å². The van der Waals surface area contributed by atoms with E-state index in [1.54, 1.807) is 12.1 Å². The molecule has 0 heterocycles. The van der Waals surface area contributed by atoms with E-state index < -0.39 is 0 Å². The summed E-state index contributed by atoms with van der Waals surface area (Å²) in [6, 6.07) is 14.3. The maximum atomic E-state index is 13.7. The number of aliphatic imine (C=N–C) groups is 1. The third-order valence-corrected chi connectivity index (χ3v) is 3.88. The van der Waals surface area contributed by atoms with Crippen LogP contribution in [0.15, 0.2) is 53.5 Å². The van der Waals surface area contributed by atoms with E-state index in [1.165, 1.54) is 6.07 Å². The topological polar surface area (TPSA) is 65.5 Å². The number of carbonyl (C=O) groups is 1. The molecule has 5 nitrogen and oxygen atoms in total. The van der Waals surface area contributed by atoms with Crippen LogP contribution in [0, 0.1) is 5.82 Å². The largest absolute Gasteiger partial charge is 0.357 e. The van der Waals surface area contributed by atoms with Crippen molar-refractivity contribution in [3.63, 3.8) is 0 Å². The summed E-state index contributed by atoms with van der Waals surface area (Å²) in [4.78, 5) is 16.2. The number of hydrogen-bond acceptors (Lipinski definition) is 2. The van der Waals surface area contributed by atoms with Crippen LogP contribution in [0.3, 0.4) is 0 Å². The zero-order valence-electron chi connectivity index (χ0n) is 16.3. The number of anilines is 1. The summed E-state index contributed by atoms with van der Waals surface area (Å²) in [5.41, 5.74) is 2.40. The summed E-state index contributed by atoms with van der Waals surface area (Å²) in [5, 5.41) is 9.16. The fourth-order valence-corrected chi connectivity index (χ4v) is 2.48. The molecule has 0 bridgehead atoms. The number of guanidine groups is 1. The minimum absolute atomic E-state index is 0. The van der Waals surface area contributed by atoms with E-state index in [0.717, 1.165) is 17.7 Å². The van der Waals surface area contributed by atoms with Gasteiger partial charge in [0.2, 0.25) is 5.91 Å². The van der Waals surface area contributed by atoms with E-state index in [9.17, 15) is 9.18 Å². The lowest BCUT2D eigenvalue weighted by Gasteiger charge is -2.12. The van der Waals surface area contributed by atoms with Gasteiger partial charge in [0.05, 0.1) is 6.54 Å². The molecule has 0 aliphatic rings. The maximum Gasteiger partial charge on any atom is 0.224 e. The molecule has 0 unspecified atom stereocenters. The number of carbonyl (C=O) groups excluding carboxylic acids is 1. The minimum atomic E-state index is -0.235. The average Bonchev–Trinajstić information content (AvgIpc) is 2.66. The number of nitrogens with zero attached hydrogens (tertiary/aromatic N) is 1. The molecule has 0 fully saturated rings. The molecule has 3 N–H and O–H groups in total. The lowest BCUT2D eigenvalue weighted by molar-refractivity contribution is -0.116. The maximum absolute atomic E-state index is 13.7. The molecule has 0 spiro atoms. The van der Waals surface area contributed by atoms with Crippen molar-refractivity contribution in [1.82, 2.24) is 10.6 Å². The number of benzene rings is 2. The second-order valence-electron chi connectivity index (χ2n) is 6.14. The Balaban J connectivity index is 0.00000392. The third kappa shape index (κ3) is 8.24. The van der Waals surface area contributed by atoms with Crippen molar-refractivity contribution in [2.24, 2.45) is 4.99 Å². The van der Waals surface area contributed by atoms with Gasteiger partial charge >= 0.3 is 0 Å². The van der Waals surface area contributed by atoms with Crippen LogP contribution in [-0.4, -0.2) is 18.4 Å². The average molecular weight is 498 g/mol. The first kappa shape index (κ1) is 23.9. The summed E-state index contributed by atoms with van der Waals surface area (Å²) in [5.74, 6) is 0.415. The summed E-state index contributed by atoms with van der Waals surface area (Å²) in [7, 11) is 0. The molecule has 0 atom stereocenters. The van der Waals surface area contributed by atoms with Gasteiger partial charge in [-0.1, -0.05) is 37.3 Å². The van der Waals surface area contributed by atoms with E-state index in [4.69, 9.17) is 0 Å². The zero-order valence-corrected chi connectivity index (χ0v) is 18.6. The van der Waals surface area contributed by atoms with Crippen molar-refractivity contribution in [2.45, 2.75) is 39.8 Å². The normalized spacial score (nSPS) is 10.8. The van der Waals surface area contributed by atoms with Crippen LogP contribution in [0.5, 0.6) is 0 Å². The first-order valence-electron chi connectivity index (χ1n) is 9.26. The van der Waals surface area contributed by atoms with Crippen molar-refractivity contribution < 1.29 is 9.18 Å². The Morgan fingerprint density at radius 3 is 2.39 bits per heavy atom. The molecule has 2 aromatic rings. The number of halogens is 2. The van der Waals surface area contributed by atoms with E-state index in [-0.39, 0.29) is 35.7 Å². The second kappa shape index (κ2) is 13.1. The fraction of sp³-hybridized carbons (Fsp3) is 0.333. The lowest BCUT2D eigenvalue weighted by Crippen LogP contribution is -2.37. The molecular weight excluding hydrogens is 470 g/mol. The Kier molecular flexibility index (Phi) is 11.2. The molecule has 0 aliphatic heterocycles. The van der Waals surface area contributed by atoms with E-state index in [2.05, 4.69) is 20.9 Å². The summed E-state index contributed by atoms with van der Waals surface area (Å²) in [6.07, 6.45) is 1.34. The fourth-order valence-electron chi connectivity index (χ4n) is 2.48. The Morgan fingerprint density at radius 2 is 1.75 bits per heavy atom. The molecule has 2 aromatic carbocycles. The van der Waals surface area contributed by atoms with Gasteiger partial charge in [-0.25, -0.2) is 9.38 Å². The quantitative estimate of drug-likeness (QED) is 0.287. The SMILES string of the molecule is CCCC(=O)Nc1ccc(CN=C(NCC)NCc2ccccc2F)cc1.I. The van der Waals surface area contributed by atoms with Crippen LogP contribution in [0.2, 0.25) is 0 Å². The molecule has 0 saturated carbocycles. The van der Waals surface area contributed by atoms with Gasteiger partial charge in [-0.2, -0.15) is 0 Å². The van der Waals surface area contributed by atoms with Crippen molar-refractivity contribution in [3.05, 3.63) is 65.5 Å². The highest BCUT2D eigenvalue weighted by atomic mass is 127. The van der Waals surface area contributed by atoms with Crippen molar-refractivity contribution >= 4 is 41.5 Å². The number of nitrogens with one attached hydrogen (secondary N) is 3. The van der Waals surface area contributed by atoms with Crippen molar-refractivity contribution in [1.29, 1.82) is 0 Å². The standard InChI is InChI=1S/C21H27FN4O.HI/c1-3-7-20(27)26-18-12-10-16(11-13-18)14-24-21(23-4-2)25-15-17-8-5-6-9-19(17)22;/h5-6,8-13H,3-4,7,14-15H2,1-2H3,(H,26,27)(H2,23,24,25);1H. The Labute approximate surface area is 183 Å². The van der Waals surface area contributed by atoms with Gasteiger partial charge < -0.3 is 16.0 Å². The Morgan fingerprint density at radius 1 is 1.04 bits per heavy atom. The second-order valence-corrected chi connectivity index (χ2v) is 6.14. The van der Waals surface area contributed by atoms with Gasteiger partial charge in [-0.15, -0.1) is 24.0 Å². The van der Waals surface area contributed by atoms with Gasteiger partial charge in [0.1, 0.15) is 5.82 Å². The summed E-state index contributed by atoms with van der Waals surface area (Å²) in [6.45, 7) is 5.51. The van der Waals surface area contributed by atoms with Gasteiger partial charge in [-0.05, 0) is 37.1 Å². The molecule has 0 aliphatic carbocycles. The van der Waals surface area contributed by atoms with Gasteiger partial charge in [-0.3, -0.25) is 4.79 Å². The lowest BCUT2D eigenvalue weighted by atomic mass is 10.2. The minimum Gasteiger partial charge on any atom is -0.357 e. The third-order valence-electron chi connectivity index (χ3n) is 3.88. The smallest absolute Gasteiger partial charge is 0.224 e. The molecule has 7 heteroatoms. The summed E-state index contributed by atoms with van der Waals surface area (Å²) >= 11 is 0. The molecule has 0 aromatic heterocycles. The number of rotatable bonds is 8. The highest BCUT2D eigenvalue weighted by Crippen LogP contribution is 2.11. The van der Waals surface area contributed by atoms with Crippen LogP contribution in [0.4, 0.5) is 10.1 Å². The van der Waals surface area contributed by atoms with Crippen LogP contribution < -0.4 is 16.0 Å². The van der Waals surface area contributed by atoms with Crippen LogP contribution in [-0.2, 0) is 17.9 Å². The number of amides is 1. The molecule has 1 amide bonds. The molecule has 0 saturated heterocycles. The van der Waals surface area contributed by atoms with Crippen molar-refractivity contribution in [3.8, 4) is 0 Å². The Hall–Kier alpha value is -2.16. The molecule has 0 radical (unpaired) electrons. The van der Waals surface area contributed by atoms with E-state index in [1.807, 2.05) is 44.2 Å². The van der Waals surface area contributed by atoms with E-state index >= 15 is 0 Å². The van der Waals surface area contributed by atoms with Gasteiger partial charge in [0.15, 0.2) is 5.96 Å². The summed E-state index contributed by atoms with van der Waals surface area (Å²) < 4.78 is 13.7. The molecule has 152 valence electrons. The predicted octanol–water partition coefficient (Wildman–Crippen LogP) is 4.44. The zero-order chi connectivity index (χ0) is 19.5. The van der Waals surface area contributed by atoms with Crippen LogP contribution in [0.1, 0.15) is 37.8 Å².